The topological polar surface area (TPSA) is 49.5 Å². The molecule has 0 amide bonds. The summed E-state index contributed by atoms with van der Waals surface area (Å²) >= 11 is 4.90. The number of thiocarbonyl (C=S) groups is 1. The van der Waals surface area contributed by atoms with Crippen molar-refractivity contribution in [3.63, 3.8) is 0 Å². The van der Waals surface area contributed by atoms with E-state index in [0.717, 1.165) is 18.7 Å². The van der Waals surface area contributed by atoms with Crippen LogP contribution in [0, 0.1) is 0 Å². The van der Waals surface area contributed by atoms with Crippen LogP contribution in [0.4, 0.5) is 0 Å². The van der Waals surface area contributed by atoms with Gasteiger partial charge in [-0.15, -0.1) is 0 Å². The quantitative estimate of drug-likeness (QED) is 0.733. The highest BCUT2D eigenvalue weighted by atomic mass is 32.1. The molecule has 0 unspecified atom stereocenters. The average Bonchev–Trinajstić information content (AvgIpc) is 2.28. The van der Waals surface area contributed by atoms with Gasteiger partial charge >= 0.3 is 0 Å². The van der Waals surface area contributed by atoms with Crippen molar-refractivity contribution in [2.75, 3.05) is 13.1 Å². The summed E-state index contributed by atoms with van der Waals surface area (Å²) < 4.78 is 0. The van der Waals surface area contributed by atoms with E-state index in [1.165, 1.54) is 5.56 Å². The molecule has 0 bridgehead atoms. The standard InChI is InChI=1S/C12H18N2OS/c1-2-14(8-12(13)16)7-10-3-5-11(9-15)6-4-10/h3-6,15H,2,7-9H2,1H3,(H2,13,16). The first-order chi connectivity index (χ1) is 7.65. The van der Waals surface area contributed by atoms with E-state index >= 15 is 0 Å². The molecular weight excluding hydrogens is 220 g/mol. The molecular formula is C12H18N2OS. The Morgan fingerprint density at radius 3 is 2.31 bits per heavy atom. The van der Waals surface area contributed by atoms with Crippen molar-refractivity contribution >= 4 is 17.2 Å². The van der Waals surface area contributed by atoms with E-state index in [-0.39, 0.29) is 6.61 Å². The van der Waals surface area contributed by atoms with Crippen LogP contribution in [0.15, 0.2) is 24.3 Å². The zero-order valence-corrected chi connectivity index (χ0v) is 10.3. The van der Waals surface area contributed by atoms with Crippen molar-refractivity contribution in [3.8, 4) is 0 Å². The van der Waals surface area contributed by atoms with Crippen LogP contribution in [-0.2, 0) is 13.2 Å². The molecule has 3 N–H and O–H groups in total. The van der Waals surface area contributed by atoms with Gasteiger partial charge in [0.05, 0.1) is 11.6 Å². The molecule has 0 aliphatic heterocycles. The molecule has 1 rings (SSSR count). The Morgan fingerprint density at radius 1 is 1.31 bits per heavy atom. The summed E-state index contributed by atoms with van der Waals surface area (Å²) in [5.74, 6) is 0. The van der Waals surface area contributed by atoms with Gasteiger partial charge in [0.25, 0.3) is 0 Å². The maximum absolute atomic E-state index is 8.93. The molecule has 0 aromatic heterocycles. The molecule has 0 saturated heterocycles. The highest BCUT2D eigenvalue weighted by Gasteiger charge is 2.04. The molecule has 0 heterocycles. The second-order valence-electron chi connectivity index (χ2n) is 3.74. The fraction of sp³-hybridized carbons (Fsp3) is 0.417. The molecule has 1 aromatic carbocycles. The Morgan fingerprint density at radius 2 is 1.88 bits per heavy atom. The molecule has 1 aromatic rings. The smallest absolute Gasteiger partial charge is 0.0870 e. The van der Waals surface area contributed by atoms with Crippen LogP contribution >= 0.6 is 12.2 Å². The summed E-state index contributed by atoms with van der Waals surface area (Å²) in [5.41, 5.74) is 7.66. The van der Waals surface area contributed by atoms with E-state index in [1.807, 2.05) is 24.3 Å². The third-order valence-corrected chi connectivity index (χ3v) is 2.57. The third-order valence-electron chi connectivity index (χ3n) is 2.44. The summed E-state index contributed by atoms with van der Waals surface area (Å²) in [4.78, 5) is 2.70. The molecule has 0 aliphatic carbocycles. The van der Waals surface area contributed by atoms with E-state index in [4.69, 9.17) is 23.1 Å². The van der Waals surface area contributed by atoms with Crippen LogP contribution in [0.1, 0.15) is 18.1 Å². The molecule has 16 heavy (non-hydrogen) atoms. The number of hydrogen-bond donors (Lipinski definition) is 2. The lowest BCUT2D eigenvalue weighted by Crippen LogP contribution is -2.32. The monoisotopic (exact) mass is 238 g/mol. The van der Waals surface area contributed by atoms with Gasteiger partial charge in [0, 0.05) is 13.1 Å². The summed E-state index contributed by atoms with van der Waals surface area (Å²) in [5, 5.41) is 8.93. The fourth-order valence-corrected chi connectivity index (χ4v) is 1.69. The van der Waals surface area contributed by atoms with Crippen molar-refractivity contribution in [2.24, 2.45) is 5.73 Å². The number of hydrogen-bond acceptors (Lipinski definition) is 3. The van der Waals surface area contributed by atoms with Gasteiger partial charge in [-0.1, -0.05) is 43.4 Å². The van der Waals surface area contributed by atoms with Gasteiger partial charge in [0.2, 0.25) is 0 Å². The predicted octanol–water partition coefficient (Wildman–Crippen LogP) is 1.29. The van der Waals surface area contributed by atoms with Crippen LogP contribution in [0.3, 0.4) is 0 Å². The number of aliphatic hydroxyl groups is 1. The maximum atomic E-state index is 8.93. The minimum Gasteiger partial charge on any atom is -0.392 e. The lowest BCUT2D eigenvalue weighted by Gasteiger charge is -2.19. The zero-order chi connectivity index (χ0) is 12.0. The Bertz CT molecular complexity index is 337. The lowest BCUT2D eigenvalue weighted by molar-refractivity contribution is 0.281. The lowest BCUT2D eigenvalue weighted by atomic mass is 10.1. The summed E-state index contributed by atoms with van der Waals surface area (Å²) in [7, 11) is 0. The molecule has 0 radical (unpaired) electrons. The van der Waals surface area contributed by atoms with Crippen molar-refractivity contribution in [2.45, 2.75) is 20.1 Å². The largest absolute Gasteiger partial charge is 0.392 e. The second-order valence-corrected chi connectivity index (χ2v) is 4.27. The molecule has 3 nitrogen and oxygen atoms in total. The van der Waals surface area contributed by atoms with Gasteiger partial charge in [-0.2, -0.15) is 0 Å². The van der Waals surface area contributed by atoms with Crippen LogP contribution in [0.25, 0.3) is 0 Å². The first kappa shape index (κ1) is 13.1. The average molecular weight is 238 g/mol. The van der Waals surface area contributed by atoms with Gasteiger partial charge in [-0.05, 0) is 17.7 Å². The Kier molecular flexibility index (Phi) is 5.38. The Balaban J connectivity index is 2.59. The van der Waals surface area contributed by atoms with E-state index in [2.05, 4.69) is 11.8 Å². The van der Waals surface area contributed by atoms with Gasteiger partial charge in [-0.25, -0.2) is 0 Å². The minimum absolute atomic E-state index is 0.0880. The first-order valence-electron chi connectivity index (χ1n) is 5.35. The Labute approximate surface area is 102 Å². The number of benzene rings is 1. The van der Waals surface area contributed by atoms with Crippen LogP contribution in [0.5, 0.6) is 0 Å². The summed E-state index contributed by atoms with van der Waals surface area (Å²) in [6.07, 6.45) is 0. The van der Waals surface area contributed by atoms with E-state index in [1.54, 1.807) is 0 Å². The van der Waals surface area contributed by atoms with E-state index < -0.39 is 0 Å². The van der Waals surface area contributed by atoms with Crippen LogP contribution in [0.2, 0.25) is 0 Å². The molecule has 4 heteroatoms. The van der Waals surface area contributed by atoms with Crippen LogP contribution < -0.4 is 5.73 Å². The SMILES string of the molecule is CCN(CC(N)=S)Cc1ccc(CO)cc1. The van der Waals surface area contributed by atoms with Crippen LogP contribution in [-0.4, -0.2) is 28.1 Å². The third kappa shape index (κ3) is 4.26. The van der Waals surface area contributed by atoms with Crippen molar-refractivity contribution in [1.29, 1.82) is 0 Å². The van der Waals surface area contributed by atoms with Crippen molar-refractivity contribution < 1.29 is 5.11 Å². The van der Waals surface area contributed by atoms with Gasteiger partial charge < -0.3 is 10.8 Å². The molecule has 0 spiro atoms. The van der Waals surface area contributed by atoms with Gasteiger partial charge in [0.15, 0.2) is 0 Å². The number of nitrogens with two attached hydrogens (primary N) is 1. The molecule has 0 saturated carbocycles. The van der Waals surface area contributed by atoms with Crippen molar-refractivity contribution in [3.05, 3.63) is 35.4 Å². The minimum atomic E-state index is 0.0880. The normalized spacial score (nSPS) is 10.7. The fourth-order valence-electron chi connectivity index (χ4n) is 1.51. The summed E-state index contributed by atoms with van der Waals surface area (Å²) in [6, 6.07) is 7.91. The van der Waals surface area contributed by atoms with E-state index in [9.17, 15) is 0 Å². The Hall–Kier alpha value is -0.970. The summed E-state index contributed by atoms with van der Waals surface area (Å²) in [6.45, 7) is 4.57. The molecule has 0 fully saturated rings. The highest BCUT2D eigenvalue weighted by Crippen LogP contribution is 2.07. The molecule has 0 atom stereocenters. The number of rotatable bonds is 6. The second kappa shape index (κ2) is 6.58. The van der Waals surface area contributed by atoms with Gasteiger partial charge in [0.1, 0.15) is 0 Å². The predicted molar refractivity (Wildman–Crippen MR) is 70.1 cm³/mol. The zero-order valence-electron chi connectivity index (χ0n) is 9.52. The van der Waals surface area contributed by atoms with Crippen molar-refractivity contribution in [1.82, 2.24) is 4.90 Å². The van der Waals surface area contributed by atoms with E-state index in [0.29, 0.717) is 11.5 Å². The number of aliphatic hydroxyl groups excluding tert-OH is 1. The first-order valence-corrected chi connectivity index (χ1v) is 5.76. The number of nitrogens with zero attached hydrogens (tertiary/aromatic N) is 1. The highest BCUT2D eigenvalue weighted by molar-refractivity contribution is 7.80. The number of likely N-dealkylation sites (N-methyl/N-ethyl adjacent to an activating group) is 1. The molecule has 0 aliphatic rings. The molecule has 88 valence electrons. The van der Waals surface area contributed by atoms with Gasteiger partial charge in [-0.3, -0.25) is 4.90 Å². The maximum Gasteiger partial charge on any atom is 0.0870 e.